The number of carbonyl (C=O) groups excluding carboxylic acids is 1. The van der Waals surface area contributed by atoms with Crippen LogP contribution in [-0.2, 0) is 22.4 Å². The lowest BCUT2D eigenvalue weighted by Crippen LogP contribution is -2.06. The number of thiophene rings is 1. The van der Waals surface area contributed by atoms with Gasteiger partial charge in [-0.3, -0.25) is 9.78 Å². The molecule has 0 amide bonds. The van der Waals surface area contributed by atoms with Crippen molar-refractivity contribution in [3.8, 4) is 11.4 Å². The summed E-state index contributed by atoms with van der Waals surface area (Å²) in [5.41, 5.74) is 2.35. The number of hydrogen-bond acceptors (Lipinski definition) is 7. The molecule has 0 fully saturated rings. The Morgan fingerprint density at radius 2 is 2.18 bits per heavy atom. The van der Waals surface area contributed by atoms with Gasteiger partial charge in [-0.05, 0) is 49.8 Å². The molecule has 4 rings (SSSR count). The van der Waals surface area contributed by atoms with Gasteiger partial charge < -0.3 is 10.1 Å². The first-order chi connectivity index (χ1) is 13.8. The van der Waals surface area contributed by atoms with Crippen LogP contribution in [0.25, 0.3) is 21.6 Å². The first kappa shape index (κ1) is 18.8. The number of aryl methyl sites for hydroxylation is 2. The summed E-state index contributed by atoms with van der Waals surface area (Å²) in [6.07, 6.45) is 10.3. The Balaban J connectivity index is 1.53. The van der Waals surface area contributed by atoms with Crippen LogP contribution >= 0.6 is 11.3 Å². The van der Waals surface area contributed by atoms with Crippen molar-refractivity contribution in [1.29, 1.82) is 0 Å². The van der Waals surface area contributed by atoms with Crippen LogP contribution in [0.5, 0.6) is 0 Å². The number of pyridine rings is 1. The second kappa shape index (κ2) is 8.65. The first-order valence-corrected chi connectivity index (χ1v) is 10.6. The highest BCUT2D eigenvalue weighted by atomic mass is 32.1. The van der Waals surface area contributed by atoms with Gasteiger partial charge in [0, 0.05) is 35.8 Å². The SMILES string of the molecule is COC(=O)CCCCCNc1nc(-c2cccnc2)nc2sc3c(c12)CCC3. The number of nitrogens with one attached hydrogen (secondary N) is 1. The number of unbranched alkanes of at least 4 members (excludes halogenated alkanes) is 2. The molecule has 146 valence electrons. The molecule has 3 aromatic rings. The van der Waals surface area contributed by atoms with Crippen LogP contribution in [0.2, 0.25) is 0 Å². The number of fused-ring (bicyclic) bond motifs is 3. The lowest BCUT2D eigenvalue weighted by atomic mass is 10.1. The summed E-state index contributed by atoms with van der Waals surface area (Å²) < 4.78 is 4.69. The molecule has 0 saturated heterocycles. The normalized spacial score (nSPS) is 12.9. The predicted molar refractivity (Wildman–Crippen MR) is 112 cm³/mol. The highest BCUT2D eigenvalue weighted by molar-refractivity contribution is 7.19. The molecule has 0 aliphatic heterocycles. The van der Waals surface area contributed by atoms with E-state index in [2.05, 4.69) is 15.0 Å². The van der Waals surface area contributed by atoms with Gasteiger partial charge in [-0.2, -0.15) is 0 Å². The largest absolute Gasteiger partial charge is 0.469 e. The molecule has 7 heteroatoms. The summed E-state index contributed by atoms with van der Waals surface area (Å²) in [4.78, 5) is 27.6. The monoisotopic (exact) mass is 396 g/mol. The molecule has 3 heterocycles. The Labute approximate surface area is 168 Å². The van der Waals surface area contributed by atoms with Crippen LogP contribution < -0.4 is 5.32 Å². The molecular weight excluding hydrogens is 372 g/mol. The first-order valence-electron chi connectivity index (χ1n) is 9.79. The van der Waals surface area contributed by atoms with E-state index in [4.69, 9.17) is 9.97 Å². The molecule has 0 atom stereocenters. The van der Waals surface area contributed by atoms with Crippen molar-refractivity contribution in [1.82, 2.24) is 15.0 Å². The Morgan fingerprint density at radius 1 is 1.25 bits per heavy atom. The second-order valence-electron chi connectivity index (χ2n) is 6.99. The molecule has 6 nitrogen and oxygen atoms in total. The molecule has 0 unspecified atom stereocenters. The number of esters is 1. The Hall–Kier alpha value is -2.54. The van der Waals surface area contributed by atoms with Crippen molar-refractivity contribution in [2.45, 2.75) is 44.9 Å². The van der Waals surface area contributed by atoms with Crippen molar-refractivity contribution in [3.05, 3.63) is 35.0 Å². The number of rotatable bonds is 8. The summed E-state index contributed by atoms with van der Waals surface area (Å²) in [5.74, 6) is 1.50. The number of carbonyl (C=O) groups is 1. The van der Waals surface area contributed by atoms with Crippen molar-refractivity contribution in [3.63, 3.8) is 0 Å². The third kappa shape index (κ3) is 3.99. The van der Waals surface area contributed by atoms with E-state index < -0.39 is 0 Å². The molecule has 0 radical (unpaired) electrons. The maximum Gasteiger partial charge on any atom is 0.305 e. The molecule has 28 heavy (non-hydrogen) atoms. The van der Waals surface area contributed by atoms with Gasteiger partial charge in [0.2, 0.25) is 0 Å². The maximum absolute atomic E-state index is 11.2. The summed E-state index contributed by atoms with van der Waals surface area (Å²) >= 11 is 1.80. The van der Waals surface area contributed by atoms with Crippen LogP contribution in [0.15, 0.2) is 24.5 Å². The highest BCUT2D eigenvalue weighted by Gasteiger charge is 2.22. The van der Waals surface area contributed by atoms with Crippen molar-refractivity contribution in [2.24, 2.45) is 0 Å². The van der Waals surface area contributed by atoms with Gasteiger partial charge in [0.25, 0.3) is 0 Å². The van der Waals surface area contributed by atoms with Crippen LogP contribution in [0.4, 0.5) is 5.82 Å². The average molecular weight is 397 g/mol. The zero-order chi connectivity index (χ0) is 19.3. The number of ether oxygens (including phenoxy) is 1. The van der Waals surface area contributed by atoms with E-state index in [0.29, 0.717) is 12.2 Å². The molecule has 1 N–H and O–H groups in total. The number of hydrogen-bond donors (Lipinski definition) is 1. The van der Waals surface area contributed by atoms with E-state index in [1.54, 1.807) is 23.7 Å². The van der Waals surface area contributed by atoms with Crippen molar-refractivity contribution in [2.75, 3.05) is 19.0 Å². The Bertz CT molecular complexity index is 971. The summed E-state index contributed by atoms with van der Waals surface area (Å²) in [6, 6.07) is 3.90. The maximum atomic E-state index is 11.2. The van der Waals surface area contributed by atoms with Gasteiger partial charge in [-0.15, -0.1) is 11.3 Å². The smallest absolute Gasteiger partial charge is 0.305 e. The van der Waals surface area contributed by atoms with E-state index in [0.717, 1.165) is 54.9 Å². The van der Waals surface area contributed by atoms with Gasteiger partial charge in [-0.25, -0.2) is 9.97 Å². The third-order valence-corrected chi connectivity index (χ3v) is 6.25. The van der Waals surface area contributed by atoms with E-state index in [1.165, 1.54) is 29.4 Å². The predicted octanol–water partition coefficient (Wildman–Crippen LogP) is 4.39. The molecule has 1 aliphatic rings. The lowest BCUT2D eigenvalue weighted by Gasteiger charge is -2.10. The topological polar surface area (TPSA) is 77.0 Å². The van der Waals surface area contributed by atoms with Crippen LogP contribution in [0, 0.1) is 0 Å². The van der Waals surface area contributed by atoms with Gasteiger partial charge in [0.15, 0.2) is 5.82 Å². The van der Waals surface area contributed by atoms with E-state index in [1.807, 2.05) is 12.1 Å². The average Bonchev–Trinajstić information content (AvgIpc) is 3.31. The third-order valence-electron chi connectivity index (χ3n) is 5.06. The van der Waals surface area contributed by atoms with Gasteiger partial charge in [0.05, 0.1) is 12.5 Å². The van der Waals surface area contributed by atoms with E-state index in [-0.39, 0.29) is 5.97 Å². The minimum atomic E-state index is -0.139. The van der Waals surface area contributed by atoms with Crippen molar-refractivity contribution < 1.29 is 9.53 Å². The molecular formula is C21H24N4O2S. The summed E-state index contributed by atoms with van der Waals surface area (Å²) in [6.45, 7) is 0.824. The highest BCUT2D eigenvalue weighted by Crippen LogP contribution is 2.40. The van der Waals surface area contributed by atoms with Gasteiger partial charge in [-0.1, -0.05) is 6.42 Å². The second-order valence-corrected chi connectivity index (χ2v) is 8.07. The number of aromatic nitrogens is 3. The zero-order valence-electron chi connectivity index (χ0n) is 16.0. The standard InChI is InChI=1S/C21H24N4O2S/c1-27-17(26)10-3-2-4-12-23-20-18-15-8-5-9-16(15)28-21(18)25-19(24-20)14-7-6-11-22-13-14/h6-7,11,13H,2-5,8-10,12H2,1H3,(H,23,24,25). The molecule has 3 aromatic heterocycles. The fourth-order valence-electron chi connectivity index (χ4n) is 3.63. The summed E-state index contributed by atoms with van der Waals surface area (Å²) in [5, 5.41) is 4.73. The van der Waals surface area contributed by atoms with Crippen LogP contribution in [0.1, 0.15) is 42.5 Å². The van der Waals surface area contributed by atoms with E-state index >= 15 is 0 Å². The number of methoxy groups -OCH3 is 1. The van der Waals surface area contributed by atoms with Crippen molar-refractivity contribution >= 4 is 33.3 Å². The van der Waals surface area contributed by atoms with Crippen LogP contribution in [0.3, 0.4) is 0 Å². The van der Waals surface area contributed by atoms with Gasteiger partial charge >= 0.3 is 5.97 Å². The van der Waals surface area contributed by atoms with Gasteiger partial charge in [0.1, 0.15) is 10.6 Å². The van der Waals surface area contributed by atoms with Crippen LogP contribution in [-0.4, -0.2) is 34.6 Å². The molecule has 0 aromatic carbocycles. The molecule has 1 aliphatic carbocycles. The quantitative estimate of drug-likeness (QED) is 0.450. The van der Waals surface area contributed by atoms with E-state index in [9.17, 15) is 4.79 Å². The molecule has 0 saturated carbocycles. The lowest BCUT2D eigenvalue weighted by molar-refractivity contribution is -0.140. The fourth-order valence-corrected chi connectivity index (χ4v) is 4.89. The molecule has 0 spiro atoms. The Kier molecular flexibility index (Phi) is 5.81. The number of nitrogens with zero attached hydrogens (tertiary/aromatic N) is 3. The number of anilines is 1. The minimum Gasteiger partial charge on any atom is -0.469 e. The minimum absolute atomic E-state index is 0.139. The fraction of sp³-hybridized carbons (Fsp3) is 0.429. The zero-order valence-corrected chi connectivity index (χ0v) is 16.8. The molecule has 0 bridgehead atoms. The Morgan fingerprint density at radius 3 is 3.00 bits per heavy atom. The summed E-state index contributed by atoms with van der Waals surface area (Å²) in [7, 11) is 1.43.